The first-order valence-corrected chi connectivity index (χ1v) is 7.60. The largest absolute Gasteiger partial charge is 0.394 e. The molecule has 0 aromatic heterocycles. The number of halogens is 1. The van der Waals surface area contributed by atoms with Crippen molar-refractivity contribution in [3.05, 3.63) is 28.2 Å². The lowest BCUT2D eigenvalue weighted by Gasteiger charge is -2.31. The molecule has 1 aliphatic heterocycles. The predicted octanol–water partition coefficient (Wildman–Crippen LogP) is 3.39. The molecule has 1 unspecified atom stereocenters. The van der Waals surface area contributed by atoms with Crippen LogP contribution in [0.4, 0.5) is 5.69 Å². The molecule has 3 nitrogen and oxygen atoms in total. The quantitative estimate of drug-likeness (QED) is 0.866. The zero-order valence-electron chi connectivity index (χ0n) is 11.2. The van der Waals surface area contributed by atoms with Crippen molar-refractivity contribution in [1.82, 2.24) is 0 Å². The lowest BCUT2D eigenvalue weighted by atomic mass is 10.1. The van der Waals surface area contributed by atoms with Crippen molar-refractivity contribution in [2.24, 2.45) is 0 Å². The number of hydrogen-bond acceptors (Lipinski definition) is 3. The first-order chi connectivity index (χ1) is 9.13. The van der Waals surface area contributed by atoms with E-state index >= 15 is 0 Å². The maximum atomic E-state index is 11.4. The number of Topliss-reactive ketones (excluding diaryl/α,β-unsaturated/α-hetero) is 1. The summed E-state index contributed by atoms with van der Waals surface area (Å²) < 4.78 is 0.931. The summed E-state index contributed by atoms with van der Waals surface area (Å²) >= 11 is 3.56. The Kier molecular flexibility index (Phi) is 4.99. The molecule has 1 heterocycles. The van der Waals surface area contributed by atoms with E-state index < -0.39 is 0 Å². The summed E-state index contributed by atoms with van der Waals surface area (Å²) in [6.07, 6.45) is 4.57. The van der Waals surface area contributed by atoms with Crippen LogP contribution in [0.5, 0.6) is 0 Å². The van der Waals surface area contributed by atoms with Gasteiger partial charge < -0.3 is 10.0 Å². The number of carbonyl (C=O) groups excluding carboxylic acids is 1. The van der Waals surface area contributed by atoms with Crippen molar-refractivity contribution in [3.8, 4) is 0 Å². The van der Waals surface area contributed by atoms with Crippen molar-refractivity contribution < 1.29 is 9.90 Å². The van der Waals surface area contributed by atoms with Gasteiger partial charge in [-0.3, -0.25) is 4.79 Å². The topological polar surface area (TPSA) is 40.5 Å². The fraction of sp³-hybridized carbons (Fsp3) is 0.533. The second kappa shape index (κ2) is 6.53. The molecule has 0 amide bonds. The number of rotatable bonds is 3. The maximum absolute atomic E-state index is 11.4. The number of carbonyl (C=O) groups is 1. The molecule has 0 spiro atoms. The van der Waals surface area contributed by atoms with Gasteiger partial charge in [-0.15, -0.1) is 0 Å². The van der Waals surface area contributed by atoms with Gasteiger partial charge in [0, 0.05) is 16.6 Å². The van der Waals surface area contributed by atoms with Gasteiger partial charge in [0.1, 0.15) is 0 Å². The third-order valence-electron chi connectivity index (χ3n) is 3.75. The molecule has 0 aliphatic carbocycles. The van der Waals surface area contributed by atoms with Crippen molar-refractivity contribution >= 4 is 27.4 Å². The van der Waals surface area contributed by atoms with E-state index in [0.717, 1.165) is 29.5 Å². The fourth-order valence-electron chi connectivity index (χ4n) is 2.64. The molecule has 1 fully saturated rings. The van der Waals surface area contributed by atoms with Gasteiger partial charge in [-0.05, 0) is 53.9 Å². The van der Waals surface area contributed by atoms with Crippen LogP contribution in [0, 0.1) is 0 Å². The lowest BCUT2D eigenvalue weighted by molar-refractivity contribution is 0.101. The summed E-state index contributed by atoms with van der Waals surface area (Å²) in [6.45, 7) is 2.72. The van der Waals surface area contributed by atoms with Gasteiger partial charge in [0.25, 0.3) is 0 Å². The van der Waals surface area contributed by atoms with Crippen molar-refractivity contribution in [2.45, 2.75) is 38.6 Å². The lowest BCUT2D eigenvalue weighted by Crippen LogP contribution is -2.37. The molecular weight excluding hydrogens is 306 g/mol. The van der Waals surface area contributed by atoms with Crippen LogP contribution in [0.25, 0.3) is 0 Å². The summed E-state index contributed by atoms with van der Waals surface area (Å²) in [4.78, 5) is 13.7. The molecule has 0 saturated carbocycles. The second-order valence-corrected chi connectivity index (χ2v) is 5.96. The number of ketones is 1. The highest BCUT2D eigenvalue weighted by atomic mass is 79.9. The Morgan fingerprint density at radius 2 is 2.21 bits per heavy atom. The van der Waals surface area contributed by atoms with E-state index in [0.29, 0.717) is 5.56 Å². The van der Waals surface area contributed by atoms with Gasteiger partial charge in [0.05, 0.1) is 18.3 Å². The molecule has 19 heavy (non-hydrogen) atoms. The summed E-state index contributed by atoms with van der Waals surface area (Å²) in [7, 11) is 0. The fourth-order valence-corrected chi connectivity index (χ4v) is 3.25. The number of aliphatic hydroxyl groups is 1. The van der Waals surface area contributed by atoms with Gasteiger partial charge in [-0.25, -0.2) is 0 Å². The van der Waals surface area contributed by atoms with Crippen LogP contribution in [-0.2, 0) is 0 Å². The Morgan fingerprint density at radius 1 is 1.42 bits per heavy atom. The molecule has 104 valence electrons. The Balaban J connectivity index is 2.30. The normalized spacial score (nSPS) is 20.2. The van der Waals surface area contributed by atoms with Gasteiger partial charge in [0.2, 0.25) is 0 Å². The molecular formula is C15H20BrNO2. The Labute approximate surface area is 122 Å². The van der Waals surface area contributed by atoms with E-state index in [2.05, 4.69) is 20.8 Å². The molecule has 1 aromatic carbocycles. The third kappa shape index (κ3) is 3.37. The number of aliphatic hydroxyl groups excluding tert-OH is 1. The number of nitrogens with zero attached hydrogens (tertiary/aromatic N) is 1. The Hall–Kier alpha value is -0.870. The van der Waals surface area contributed by atoms with Gasteiger partial charge in [-0.2, -0.15) is 0 Å². The first kappa shape index (κ1) is 14.5. The van der Waals surface area contributed by atoms with E-state index in [9.17, 15) is 9.90 Å². The van der Waals surface area contributed by atoms with Gasteiger partial charge >= 0.3 is 0 Å². The van der Waals surface area contributed by atoms with E-state index in [1.807, 2.05) is 18.2 Å². The van der Waals surface area contributed by atoms with E-state index in [1.54, 1.807) is 6.92 Å². The van der Waals surface area contributed by atoms with Crippen LogP contribution in [0.3, 0.4) is 0 Å². The smallest absolute Gasteiger partial charge is 0.159 e. The average Bonchev–Trinajstić information content (AvgIpc) is 2.63. The number of hydrogen-bond donors (Lipinski definition) is 1. The highest BCUT2D eigenvalue weighted by Crippen LogP contribution is 2.31. The molecule has 1 atom stereocenters. The molecule has 4 heteroatoms. The van der Waals surface area contributed by atoms with Crippen molar-refractivity contribution in [3.63, 3.8) is 0 Å². The first-order valence-electron chi connectivity index (χ1n) is 6.81. The van der Waals surface area contributed by atoms with E-state index in [-0.39, 0.29) is 18.4 Å². The molecule has 1 aromatic rings. The van der Waals surface area contributed by atoms with E-state index in [1.165, 1.54) is 12.8 Å². The minimum absolute atomic E-state index is 0.0711. The van der Waals surface area contributed by atoms with Crippen LogP contribution < -0.4 is 4.90 Å². The Morgan fingerprint density at radius 3 is 2.84 bits per heavy atom. The van der Waals surface area contributed by atoms with Crippen LogP contribution in [0.2, 0.25) is 0 Å². The summed E-state index contributed by atoms with van der Waals surface area (Å²) in [5, 5.41) is 9.57. The van der Waals surface area contributed by atoms with E-state index in [4.69, 9.17) is 0 Å². The van der Waals surface area contributed by atoms with Crippen LogP contribution in [-0.4, -0.2) is 30.1 Å². The average molecular weight is 326 g/mol. The molecule has 1 N–H and O–H groups in total. The highest BCUT2D eigenvalue weighted by Gasteiger charge is 2.22. The third-order valence-corrected chi connectivity index (χ3v) is 4.39. The molecule has 2 rings (SSSR count). The van der Waals surface area contributed by atoms with Crippen molar-refractivity contribution in [1.29, 1.82) is 0 Å². The Bertz CT molecular complexity index is 461. The van der Waals surface area contributed by atoms with Crippen LogP contribution in [0.15, 0.2) is 22.7 Å². The summed E-state index contributed by atoms with van der Waals surface area (Å²) in [5.74, 6) is 0.0711. The number of anilines is 1. The zero-order valence-corrected chi connectivity index (χ0v) is 12.8. The van der Waals surface area contributed by atoms with Crippen LogP contribution in [0.1, 0.15) is 43.0 Å². The SMILES string of the molecule is CC(=O)c1ccc(N2CCCCCC2CO)c(Br)c1. The minimum atomic E-state index is 0.0711. The molecule has 1 aliphatic rings. The van der Waals surface area contributed by atoms with Gasteiger partial charge in [0.15, 0.2) is 5.78 Å². The van der Waals surface area contributed by atoms with Gasteiger partial charge in [-0.1, -0.05) is 12.8 Å². The summed E-state index contributed by atoms with van der Waals surface area (Å²) in [6, 6.07) is 5.90. The standard InChI is InChI=1S/C15H20BrNO2/c1-11(19)12-6-7-15(14(16)9-12)17-8-4-2-3-5-13(17)10-18/h6-7,9,13,18H,2-5,8,10H2,1H3. The second-order valence-electron chi connectivity index (χ2n) is 5.10. The number of benzene rings is 1. The maximum Gasteiger partial charge on any atom is 0.159 e. The zero-order chi connectivity index (χ0) is 13.8. The highest BCUT2D eigenvalue weighted by molar-refractivity contribution is 9.10. The van der Waals surface area contributed by atoms with Crippen LogP contribution >= 0.6 is 15.9 Å². The minimum Gasteiger partial charge on any atom is -0.394 e. The molecule has 0 bridgehead atoms. The predicted molar refractivity (Wildman–Crippen MR) is 80.8 cm³/mol. The molecule has 0 radical (unpaired) electrons. The summed E-state index contributed by atoms with van der Waals surface area (Å²) in [5.41, 5.74) is 1.79. The monoisotopic (exact) mass is 325 g/mol. The van der Waals surface area contributed by atoms with Crippen molar-refractivity contribution in [2.75, 3.05) is 18.1 Å². The molecule has 1 saturated heterocycles.